The number of carbonyl (C=O) groups excluding carboxylic acids is 1. The van der Waals surface area contributed by atoms with Gasteiger partial charge in [0.25, 0.3) is 5.91 Å². The van der Waals surface area contributed by atoms with Crippen molar-refractivity contribution < 1.29 is 17.6 Å². The summed E-state index contributed by atoms with van der Waals surface area (Å²) < 4.78 is 34.4. The molecule has 0 atom stereocenters. The van der Waals surface area contributed by atoms with Gasteiger partial charge in [-0.1, -0.05) is 24.3 Å². The monoisotopic (exact) mass is 450 g/mol. The van der Waals surface area contributed by atoms with E-state index in [0.717, 1.165) is 11.3 Å². The number of benzene rings is 2. The summed E-state index contributed by atoms with van der Waals surface area (Å²) in [5.41, 5.74) is 2.21. The summed E-state index contributed by atoms with van der Waals surface area (Å²) >= 11 is 0. The third-order valence-corrected chi connectivity index (χ3v) is 6.18. The van der Waals surface area contributed by atoms with Gasteiger partial charge in [-0.2, -0.15) is 5.10 Å². The number of sulfonamides is 1. The SMILES string of the molecule is O=C(NCCc1cnn(-c2ccccc2)c1)c1cccc(S(=O)(=O)NCc2ccco2)c1. The molecule has 0 aliphatic carbocycles. The van der Waals surface area contributed by atoms with Gasteiger partial charge in [0.1, 0.15) is 5.76 Å². The first-order chi connectivity index (χ1) is 15.5. The highest BCUT2D eigenvalue weighted by molar-refractivity contribution is 7.89. The van der Waals surface area contributed by atoms with Crippen LogP contribution in [-0.2, 0) is 23.0 Å². The minimum absolute atomic E-state index is 0.0147. The van der Waals surface area contributed by atoms with Crippen molar-refractivity contribution in [1.82, 2.24) is 19.8 Å². The normalized spacial score (nSPS) is 11.4. The second-order valence-electron chi connectivity index (χ2n) is 7.07. The molecule has 2 aromatic heterocycles. The molecule has 2 aromatic carbocycles. The van der Waals surface area contributed by atoms with Crippen LogP contribution in [0.3, 0.4) is 0 Å². The summed E-state index contributed by atoms with van der Waals surface area (Å²) in [6.45, 7) is 0.426. The lowest BCUT2D eigenvalue weighted by atomic mass is 10.2. The zero-order chi connectivity index (χ0) is 22.4. The van der Waals surface area contributed by atoms with E-state index in [1.54, 1.807) is 35.1 Å². The van der Waals surface area contributed by atoms with Crippen LogP contribution in [0, 0.1) is 0 Å². The molecule has 4 aromatic rings. The van der Waals surface area contributed by atoms with Crippen LogP contribution in [0.25, 0.3) is 5.69 Å². The van der Waals surface area contributed by atoms with Crippen LogP contribution in [0.4, 0.5) is 0 Å². The van der Waals surface area contributed by atoms with E-state index >= 15 is 0 Å². The lowest BCUT2D eigenvalue weighted by Crippen LogP contribution is -2.27. The Morgan fingerprint density at radius 1 is 1.03 bits per heavy atom. The molecule has 0 aliphatic rings. The van der Waals surface area contributed by atoms with E-state index in [4.69, 9.17) is 4.42 Å². The number of aromatic nitrogens is 2. The van der Waals surface area contributed by atoms with Crippen molar-refractivity contribution in [3.8, 4) is 5.69 Å². The average Bonchev–Trinajstić information content (AvgIpc) is 3.51. The fourth-order valence-electron chi connectivity index (χ4n) is 3.10. The molecule has 8 nitrogen and oxygen atoms in total. The van der Waals surface area contributed by atoms with Crippen molar-refractivity contribution in [2.45, 2.75) is 17.9 Å². The molecular weight excluding hydrogens is 428 g/mol. The van der Waals surface area contributed by atoms with Crippen LogP contribution in [0.5, 0.6) is 0 Å². The zero-order valence-corrected chi connectivity index (χ0v) is 18.0. The summed E-state index contributed by atoms with van der Waals surface area (Å²) in [4.78, 5) is 12.5. The molecule has 2 N–H and O–H groups in total. The van der Waals surface area contributed by atoms with E-state index in [-0.39, 0.29) is 22.9 Å². The third-order valence-electron chi connectivity index (χ3n) is 4.78. The number of hydrogen-bond acceptors (Lipinski definition) is 5. The van der Waals surface area contributed by atoms with Gasteiger partial charge in [-0.15, -0.1) is 0 Å². The maximum Gasteiger partial charge on any atom is 0.251 e. The molecule has 164 valence electrons. The molecule has 0 spiro atoms. The number of amides is 1. The van der Waals surface area contributed by atoms with Gasteiger partial charge in [-0.05, 0) is 54.4 Å². The summed E-state index contributed by atoms with van der Waals surface area (Å²) in [5.74, 6) is 0.154. The number of para-hydroxylation sites is 1. The predicted octanol–water partition coefficient (Wildman–Crippen LogP) is 2.92. The molecule has 0 aliphatic heterocycles. The van der Waals surface area contributed by atoms with Crippen LogP contribution in [0.1, 0.15) is 21.7 Å². The number of hydrogen-bond donors (Lipinski definition) is 2. The van der Waals surface area contributed by atoms with Crippen molar-refractivity contribution in [2.75, 3.05) is 6.54 Å². The molecule has 0 unspecified atom stereocenters. The minimum atomic E-state index is -3.78. The molecule has 0 bridgehead atoms. The molecular formula is C23H22N4O4S. The molecule has 0 saturated carbocycles. The highest BCUT2D eigenvalue weighted by atomic mass is 32.2. The lowest BCUT2D eigenvalue weighted by Gasteiger charge is -2.08. The largest absolute Gasteiger partial charge is 0.468 e. The van der Waals surface area contributed by atoms with E-state index in [0.29, 0.717) is 18.7 Å². The average molecular weight is 451 g/mol. The second-order valence-corrected chi connectivity index (χ2v) is 8.83. The van der Waals surface area contributed by atoms with E-state index in [9.17, 15) is 13.2 Å². The quantitative estimate of drug-likeness (QED) is 0.408. The van der Waals surface area contributed by atoms with Gasteiger partial charge in [0.05, 0.1) is 29.6 Å². The topological polar surface area (TPSA) is 106 Å². The summed E-state index contributed by atoms with van der Waals surface area (Å²) in [6, 6.07) is 19.0. The number of carbonyl (C=O) groups is 1. The molecule has 9 heteroatoms. The van der Waals surface area contributed by atoms with E-state index in [1.807, 2.05) is 36.5 Å². The van der Waals surface area contributed by atoms with Crippen LogP contribution < -0.4 is 10.0 Å². The molecule has 0 fully saturated rings. The maximum atomic E-state index is 12.5. The van der Waals surface area contributed by atoms with Gasteiger partial charge in [0, 0.05) is 18.3 Å². The third kappa shape index (κ3) is 5.32. The van der Waals surface area contributed by atoms with E-state index in [1.165, 1.54) is 18.4 Å². The Morgan fingerprint density at radius 2 is 1.88 bits per heavy atom. The summed E-state index contributed by atoms with van der Waals surface area (Å²) in [5, 5.41) is 7.16. The Hall–Kier alpha value is -3.69. The minimum Gasteiger partial charge on any atom is -0.468 e. The molecule has 2 heterocycles. The predicted molar refractivity (Wildman–Crippen MR) is 119 cm³/mol. The maximum absolute atomic E-state index is 12.5. The van der Waals surface area contributed by atoms with Gasteiger partial charge < -0.3 is 9.73 Å². The van der Waals surface area contributed by atoms with Crippen LogP contribution in [0.15, 0.2) is 94.7 Å². The molecule has 1 amide bonds. The van der Waals surface area contributed by atoms with Crippen LogP contribution >= 0.6 is 0 Å². The fraction of sp³-hybridized carbons (Fsp3) is 0.130. The van der Waals surface area contributed by atoms with Gasteiger partial charge in [-0.25, -0.2) is 17.8 Å². The standard InChI is InChI=1S/C23H22N4O4S/c28-23(24-12-11-18-15-25-27(17-18)20-7-2-1-3-8-20)19-6-4-10-22(14-19)32(29,30)26-16-21-9-5-13-31-21/h1-10,13-15,17,26H,11-12,16H2,(H,24,28). The van der Waals surface area contributed by atoms with Crippen molar-refractivity contribution in [1.29, 1.82) is 0 Å². The fourth-order valence-corrected chi connectivity index (χ4v) is 4.14. The number of furan rings is 1. The van der Waals surface area contributed by atoms with Gasteiger partial charge >= 0.3 is 0 Å². The van der Waals surface area contributed by atoms with Gasteiger partial charge in [-0.3, -0.25) is 4.79 Å². The Bertz CT molecular complexity index is 1280. The van der Waals surface area contributed by atoms with Crippen molar-refractivity contribution in [3.05, 3.63) is 102 Å². The first kappa shape index (κ1) is 21.5. The van der Waals surface area contributed by atoms with E-state index < -0.39 is 10.0 Å². The Kier molecular flexibility index (Phi) is 6.48. The number of rotatable bonds is 9. The Morgan fingerprint density at radius 3 is 2.66 bits per heavy atom. The van der Waals surface area contributed by atoms with Crippen LogP contribution in [-0.4, -0.2) is 30.7 Å². The first-order valence-electron chi connectivity index (χ1n) is 10.0. The molecule has 0 saturated heterocycles. The van der Waals surface area contributed by atoms with Crippen LogP contribution in [0.2, 0.25) is 0 Å². The molecule has 32 heavy (non-hydrogen) atoms. The van der Waals surface area contributed by atoms with E-state index in [2.05, 4.69) is 15.1 Å². The first-order valence-corrected chi connectivity index (χ1v) is 11.5. The highest BCUT2D eigenvalue weighted by Gasteiger charge is 2.16. The van der Waals surface area contributed by atoms with Crippen molar-refractivity contribution >= 4 is 15.9 Å². The second kappa shape index (κ2) is 9.63. The number of nitrogens with one attached hydrogen (secondary N) is 2. The molecule has 0 radical (unpaired) electrons. The Labute approximate surface area is 185 Å². The highest BCUT2D eigenvalue weighted by Crippen LogP contribution is 2.13. The number of nitrogens with zero attached hydrogens (tertiary/aromatic N) is 2. The lowest BCUT2D eigenvalue weighted by molar-refractivity contribution is 0.0954. The van der Waals surface area contributed by atoms with Crippen molar-refractivity contribution in [3.63, 3.8) is 0 Å². The van der Waals surface area contributed by atoms with Crippen molar-refractivity contribution in [2.24, 2.45) is 0 Å². The Balaban J connectivity index is 1.33. The molecule has 4 rings (SSSR count). The van der Waals surface area contributed by atoms with Gasteiger partial charge in [0.15, 0.2) is 0 Å². The smallest absolute Gasteiger partial charge is 0.251 e. The summed E-state index contributed by atoms with van der Waals surface area (Å²) in [7, 11) is -3.78. The summed E-state index contributed by atoms with van der Waals surface area (Å²) in [6.07, 6.45) is 5.75. The zero-order valence-electron chi connectivity index (χ0n) is 17.1. The van der Waals surface area contributed by atoms with Gasteiger partial charge in [0.2, 0.25) is 10.0 Å².